The number of nitrogen functional groups attached to an aromatic ring is 1. The third-order valence-corrected chi connectivity index (χ3v) is 6.18. The van der Waals surface area contributed by atoms with E-state index in [4.69, 9.17) is 5.73 Å². The minimum atomic E-state index is -3.20. The van der Waals surface area contributed by atoms with Gasteiger partial charge in [-0.05, 0) is 11.6 Å². The zero-order valence-corrected chi connectivity index (χ0v) is 11.5. The van der Waals surface area contributed by atoms with Crippen LogP contribution in [0.3, 0.4) is 0 Å². The van der Waals surface area contributed by atoms with Crippen molar-refractivity contribution in [1.29, 1.82) is 0 Å². The summed E-state index contributed by atoms with van der Waals surface area (Å²) in [5, 5.41) is 0.389. The molecule has 0 radical (unpaired) electrons. The predicted molar refractivity (Wildman–Crippen MR) is 73.5 cm³/mol. The molecule has 5 nitrogen and oxygen atoms in total. The van der Waals surface area contributed by atoms with Crippen LogP contribution in [0.15, 0.2) is 46.6 Å². The van der Waals surface area contributed by atoms with Crippen LogP contribution in [0.25, 0.3) is 0 Å². The second-order valence-electron chi connectivity index (χ2n) is 4.17. The minimum absolute atomic E-state index is 0.0764. The lowest BCUT2D eigenvalue weighted by Gasteiger charge is -2.09. The average Bonchev–Trinajstić information content (AvgIpc) is 2.65. The van der Waals surface area contributed by atoms with Crippen LogP contribution in [0.5, 0.6) is 0 Å². The molecule has 3 rings (SSSR count). The predicted octanol–water partition coefficient (Wildman–Crippen LogP) is 1.68. The van der Waals surface area contributed by atoms with Gasteiger partial charge in [0.1, 0.15) is 5.03 Å². The van der Waals surface area contributed by atoms with Crippen molar-refractivity contribution in [2.75, 3.05) is 11.5 Å². The zero-order chi connectivity index (χ0) is 13.5. The average molecular weight is 293 g/mol. The third-order valence-electron chi connectivity index (χ3n) is 2.92. The van der Waals surface area contributed by atoms with E-state index in [1.807, 2.05) is 12.1 Å². The lowest BCUT2D eigenvalue weighted by molar-refractivity contribution is 0.600. The van der Waals surface area contributed by atoms with Gasteiger partial charge in [-0.2, -0.15) is 0 Å². The number of aromatic nitrogens is 2. The van der Waals surface area contributed by atoms with Crippen LogP contribution < -0.4 is 5.73 Å². The van der Waals surface area contributed by atoms with Gasteiger partial charge in [-0.1, -0.05) is 30.0 Å². The van der Waals surface area contributed by atoms with Crippen LogP contribution >= 0.6 is 11.8 Å². The van der Waals surface area contributed by atoms with Crippen molar-refractivity contribution < 1.29 is 8.42 Å². The molecule has 2 N–H and O–H groups in total. The lowest BCUT2D eigenvalue weighted by Crippen LogP contribution is -2.02. The fourth-order valence-corrected chi connectivity index (χ4v) is 5.46. The molecule has 0 amide bonds. The van der Waals surface area contributed by atoms with E-state index in [1.165, 1.54) is 18.0 Å². The van der Waals surface area contributed by atoms with E-state index in [0.717, 1.165) is 5.56 Å². The Kier molecular flexibility index (Phi) is 2.94. The van der Waals surface area contributed by atoms with Crippen LogP contribution in [0, 0.1) is 0 Å². The Morgan fingerprint density at radius 1 is 1.21 bits per heavy atom. The van der Waals surface area contributed by atoms with Gasteiger partial charge in [0.15, 0.2) is 15.7 Å². The molecule has 98 valence electrons. The topological polar surface area (TPSA) is 85.9 Å². The second-order valence-corrected chi connectivity index (χ2v) is 7.37. The number of nitrogens with zero attached hydrogens (tertiary/aromatic N) is 2. The molecule has 1 aromatic carbocycles. The van der Waals surface area contributed by atoms with E-state index in [-0.39, 0.29) is 11.0 Å². The Bertz CT molecular complexity index is 731. The Labute approximate surface area is 115 Å². The maximum absolute atomic E-state index is 12.1. The molecule has 1 aliphatic rings. The smallest absolute Gasteiger partial charge is 0.180 e. The van der Waals surface area contributed by atoms with Gasteiger partial charge in [-0.25, -0.2) is 18.4 Å². The highest BCUT2D eigenvalue weighted by Crippen LogP contribution is 2.45. The number of anilines is 1. The van der Waals surface area contributed by atoms with E-state index in [9.17, 15) is 8.42 Å². The number of fused-ring (bicyclic) bond motifs is 1. The fraction of sp³-hybridized carbons (Fsp3) is 0.167. The van der Waals surface area contributed by atoms with E-state index in [1.54, 1.807) is 18.3 Å². The summed E-state index contributed by atoms with van der Waals surface area (Å²) in [5.74, 6) is 0.404. The molecule has 0 fully saturated rings. The molecule has 7 heteroatoms. The lowest BCUT2D eigenvalue weighted by atomic mass is 10.2. The number of benzene rings is 1. The summed E-state index contributed by atoms with van der Waals surface area (Å²) >= 11 is 1.35. The second kappa shape index (κ2) is 4.50. The van der Waals surface area contributed by atoms with Gasteiger partial charge in [0.25, 0.3) is 0 Å². The number of thioether (sulfide) groups is 1. The summed E-state index contributed by atoms with van der Waals surface area (Å²) in [4.78, 5) is 8.51. The van der Waals surface area contributed by atoms with E-state index in [2.05, 4.69) is 9.97 Å². The van der Waals surface area contributed by atoms with E-state index in [0.29, 0.717) is 15.7 Å². The SMILES string of the molecule is Nc1nccnc1SC1CS(=O)(=O)c2ccccc21. The van der Waals surface area contributed by atoms with Crippen LogP contribution in [0.1, 0.15) is 10.8 Å². The highest BCUT2D eigenvalue weighted by Gasteiger charge is 2.35. The van der Waals surface area contributed by atoms with Crippen molar-refractivity contribution in [1.82, 2.24) is 9.97 Å². The van der Waals surface area contributed by atoms with Gasteiger partial charge in [0.2, 0.25) is 0 Å². The van der Waals surface area contributed by atoms with Crippen LogP contribution in [-0.2, 0) is 9.84 Å². The maximum Gasteiger partial charge on any atom is 0.180 e. The summed E-state index contributed by atoms with van der Waals surface area (Å²) in [5.41, 5.74) is 6.56. The number of hydrogen-bond donors (Lipinski definition) is 1. The van der Waals surface area contributed by atoms with Crippen molar-refractivity contribution >= 4 is 27.4 Å². The number of sulfone groups is 1. The molecule has 2 heterocycles. The van der Waals surface area contributed by atoms with Gasteiger partial charge >= 0.3 is 0 Å². The Morgan fingerprint density at radius 3 is 2.74 bits per heavy atom. The van der Waals surface area contributed by atoms with Gasteiger partial charge < -0.3 is 5.73 Å². The fourth-order valence-electron chi connectivity index (χ4n) is 2.07. The first kappa shape index (κ1) is 12.4. The summed E-state index contributed by atoms with van der Waals surface area (Å²) in [6, 6.07) is 7.06. The van der Waals surface area contributed by atoms with E-state index >= 15 is 0 Å². The molecule has 0 saturated carbocycles. The zero-order valence-electron chi connectivity index (χ0n) is 9.85. The first-order valence-corrected chi connectivity index (χ1v) is 8.16. The molecule has 0 spiro atoms. The monoisotopic (exact) mass is 293 g/mol. The number of hydrogen-bond acceptors (Lipinski definition) is 6. The molecule has 1 aromatic heterocycles. The molecule has 1 aliphatic heterocycles. The normalized spacial score (nSPS) is 20.1. The molecule has 19 heavy (non-hydrogen) atoms. The third kappa shape index (κ3) is 2.19. The van der Waals surface area contributed by atoms with Gasteiger partial charge in [0, 0.05) is 12.4 Å². The summed E-state index contributed by atoms with van der Waals surface area (Å²) in [7, 11) is -3.20. The quantitative estimate of drug-likeness (QED) is 0.906. The van der Waals surface area contributed by atoms with Crippen molar-refractivity contribution in [3.05, 3.63) is 42.2 Å². The molecule has 2 aromatic rings. The van der Waals surface area contributed by atoms with Gasteiger partial charge in [0.05, 0.1) is 15.9 Å². The Morgan fingerprint density at radius 2 is 1.95 bits per heavy atom. The first-order chi connectivity index (χ1) is 9.08. The Balaban J connectivity index is 1.99. The maximum atomic E-state index is 12.1. The Hall–Kier alpha value is -1.60. The summed E-state index contributed by atoms with van der Waals surface area (Å²) in [6.07, 6.45) is 3.06. The van der Waals surface area contributed by atoms with Crippen molar-refractivity contribution in [3.63, 3.8) is 0 Å². The summed E-state index contributed by atoms with van der Waals surface area (Å²) < 4.78 is 24.1. The van der Waals surface area contributed by atoms with Gasteiger partial charge in [-0.3, -0.25) is 0 Å². The largest absolute Gasteiger partial charge is 0.381 e. The number of nitrogens with two attached hydrogens (primary N) is 1. The van der Waals surface area contributed by atoms with Crippen molar-refractivity contribution in [2.45, 2.75) is 15.2 Å². The highest BCUT2D eigenvalue weighted by atomic mass is 32.2. The standard InChI is InChI=1S/C12H11N3O2S2/c13-11-12(15-6-5-14-11)18-9-7-19(16,17)10-4-2-1-3-8(9)10/h1-6,9H,7H2,(H2,13,14). The highest BCUT2D eigenvalue weighted by molar-refractivity contribution is 8.01. The molecule has 0 bridgehead atoms. The molecule has 1 atom stereocenters. The summed E-state index contributed by atoms with van der Waals surface area (Å²) in [6.45, 7) is 0. The van der Waals surface area contributed by atoms with Crippen molar-refractivity contribution in [2.24, 2.45) is 0 Å². The first-order valence-electron chi connectivity index (χ1n) is 5.63. The van der Waals surface area contributed by atoms with Crippen LogP contribution in [0.2, 0.25) is 0 Å². The molecular formula is C12H11N3O2S2. The molecule has 1 unspecified atom stereocenters. The molecular weight excluding hydrogens is 282 g/mol. The van der Waals surface area contributed by atoms with Crippen LogP contribution in [0.4, 0.5) is 5.82 Å². The van der Waals surface area contributed by atoms with Gasteiger partial charge in [-0.15, -0.1) is 0 Å². The van der Waals surface area contributed by atoms with Crippen molar-refractivity contribution in [3.8, 4) is 0 Å². The minimum Gasteiger partial charge on any atom is -0.381 e. The molecule has 0 saturated heterocycles. The number of rotatable bonds is 2. The van der Waals surface area contributed by atoms with E-state index < -0.39 is 9.84 Å². The van der Waals surface area contributed by atoms with Crippen LogP contribution in [-0.4, -0.2) is 24.1 Å². The molecule has 0 aliphatic carbocycles.